The summed E-state index contributed by atoms with van der Waals surface area (Å²) >= 11 is 1.11. The number of aliphatic hydroxyl groups is 1. The Morgan fingerprint density at radius 1 is 1.35 bits per heavy atom. The number of nitrogens with one attached hydrogen (secondary N) is 2. The van der Waals surface area contributed by atoms with Crippen molar-refractivity contribution in [2.75, 3.05) is 17.5 Å². The Morgan fingerprint density at radius 3 is 2.70 bits per heavy atom. The second kappa shape index (κ2) is 7.53. The molecule has 0 fully saturated rings. The second-order valence-corrected chi connectivity index (χ2v) is 7.53. The first kappa shape index (κ1) is 17.4. The molecule has 0 bridgehead atoms. The Morgan fingerprint density at radius 2 is 2.04 bits per heavy atom. The number of nitrogens with zero attached hydrogens (tertiary/aromatic N) is 1. The van der Waals surface area contributed by atoms with Crippen LogP contribution in [0, 0.1) is 0 Å². The van der Waals surface area contributed by atoms with E-state index in [2.05, 4.69) is 15.0 Å². The monoisotopic (exact) mass is 355 g/mol. The van der Waals surface area contributed by atoms with Gasteiger partial charge in [0.05, 0.1) is 24.5 Å². The highest BCUT2D eigenvalue weighted by atomic mass is 32.2. The highest BCUT2D eigenvalue weighted by Crippen LogP contribution is 2.17. The third kappa shape index (κ3) is 5.97. The molecule has 0 aliphatic carbocycles. The van der Waals surface area contributed by atoms with Crippen LogP contribution < -0.4 is 10.0 Å². The lowest BCUT2D eigenvalue weighted by Gasteiger charge is -2.11. The summed E-state index contributed by atoms with van der Waals surface area (Å²) in [6, 6.07) is 9.03. The van der Waals surface area contributed by atoms with Crippen LogP contribution in [0.4, 0.5) is 5.13 Å². The average Bonchev–Trinajstić information content (AvgIpc) is 2.90. The largest absolute Gasteiger partial charge is 0.387 e. The van der Waals surface area contributed by atoms with E-state index >= 15 is 0 Å². The molecule has 0 saturated carbocycles. The van der Waals surface area contributed by atoms with Gasteiger partial charge in [0.15, 0.2) is 5.13 Å². The molecule has 0 unspecified atom stereocenters. The first-order valence-corrected chi connectivity index (χ1v) is 9.52. The van der Waals surface area contributed by atoms with E-state index in [9.17, 15) is 18.3 Å². The molecule has 1 heterocycles. The van der Waals surface area contributed by atoms with E-state index in [4.69, 9.17) is 0 Å². The molecule has 7 nitrogen and oxygen atoms in total. The first-order chi connectivity index (χ1) is 10.8. The minimum atomic E-state index is -3.38. The van der Waals surface area contributed by atoms with E-state index in [0.29, 0.717) is 5.69 Å². The fraction of sp³-hybridized carbons (Fsp3) is 0.286. The molecule has 1 aromatic carbocycles. The van der Waals surface area contributed by atoms with E-state index in [-0.39, 0.29) is 24.0 Å². The molecular formula is C14H17N3O4S2. The van der Waals surface area contributed by atoms with Crippen LogP contribution in [0.25, 0.3) is 0 Å². The van der Waals surface area contributed by atoms with Crippen molar-refractivity contribution in [3.05, 3.63) is 47.0 Å². The van der Waals surface area contributed by atoms with Gasteiger partial charge in [-0.15, -0.1) is 11.3 Å². The number of aliphatic hydroxyl groups excluding tert-OH is 1. The minimum Gasteiger partial charge on any atom is -0.387 e. The van der Waals surface area contributed by atoms with Gasteiger partial charge in [-0.2, -0.15) is 0 Å². The molecule has 23 heavy (non-hydrogen) atoms. The zero-order chi connectivity index (χ0) is 16.9. The molecule has 3 N–H and O–H groups in total. The van der Waals surface area contributed by atoms with Gasteiger partial charge >= 0.3 is 0 Å². The number of thiazole rings is 1. The Bertz CT molecular complexity index is 759. The van der Waals surface area contributed by atoms with Gasteiger partial charge in [-0.1, -0.05) is 30.3 Å². The predicted molar refractivity (Wildman–Crippen MR) is 88.7 cm³/mol. The number of carbonyl (C=O) groups is 1. The third-order valence-corrected chi connectivity index (χ3v) is 4.34. The average molecular weight is 355 g/mol. The number of carbonyl (C=O) groups excluding carboxylic acids is 1. The van der Waals surface area contributed by atoms with Crippen LogP contribution in [0.3, 0.4) is 0 Å². The Labute approximate surface area is 138 Å². The van der Waals surface area contributed by atoms with Crippen LogP contribution in [0.1, 0.15) is 17.4 Å². The van der Waals surface area contributed by atoms with Crippen LogP contribution in [0.2, 0.25) is 0 Å². The molecule has 0 spiro atoms. The zero-order valence-corrected chi connectivity index (χ0v) is 14.0. The van der Waals surface area contributed by atoms with E-state index in [0.717, 1.165) is 23.2 Å². The number of amides is 1. The fourth-order valence-corrected chi connectivity index (χ4v) is 3.39. The lowest BCUT2D eigenvalue weighted by Crippen LogP contribution is -2.29. The van der Waals surface area contributed by atoms with Gasteiger partial charge in [-0.05, 0) is 5.56 Å². The molecular weight excluding hydrogens is 338 g/mol. The summed E-state index contributed by atoms with van der Waals surface area (Å²) in [5, 5.41) is 14.4. The summed E-state index contributed by atoms with van der Waals surface area (Å²) in [5.74, 6) is -0.295. The predicted octanol–water partition coefficient (Wildman–Crippen LogP) is 0.907. The van der Waals surface area contributed by atoms with Gasteiger partial charge in [0, 0.05) is 11.9 Å². The number of benzene rings is 1. The van der Waals surface area contributed by atoms with Crippen molar-refractivity contribution in [1.82, 2.24) is 10.3 Å². The number of aromatic nitrogens is 1. The molecule has 124 valence electrons. The van der Waals surface area contributed by atoms with Crippen molar-refractivity contribution < 1.29 is 18.3 Å². The molecule has 1 atom stereocenters. The molecule has 0 radical (unpaired) electrons. The van der Waals surface area contributed by atoms with Gasteiger partial charge in [0.1, 0.15) is 0 Å². The topological polar surface area (TPSA) is 108 Å². The van der Waals surface area contributed by atoms with Crippen LogP contribution in [0.15, 0.2) is 35.7 Å². The van der Waals surface area contributed by atoms with Crippen molar-refractivity contribution >= 4 is 32.4 Å². The number of anilines is 1. The maximum Gasteiger partial charge on any atom is 0.231 e. The van der Waals surface area contributed by atoms with Gasteiger partial charge in [0.2, 0.25) is 15.9 Å². The fourth-order valence-electron chi connectivity index (χ4n) is 1.82. The van der Waals surface area contributed by atoms with Crippen molar-refractivity contribution in [2.24, 2.45) is 0 Å². The minimum absolute atomic E-state index is 0.0173. The summed E-state index contributed by atoms with van der Waals surface area (Å²) in [6.07, 6.45) is 0.271. The van der Waals surface area contributed by atoms with Crippen LogP contribution >= 0.6 is 11.3 Å². The molecule has 1 amide bonds. The SMILES string of the molecule is CS(=O)(=O)Nc1nc(CC(=O)NC[C@@H](O)c2ccccc2)cs1. The Kier molecular flexibility index (Phi) is 5.69. The third-order valence-electron chi connectivity index (χ3n) is 2.84. The highest BCUT2D eigenvalue weighted by molar-refractivity contribution is 7.92. The molecule has 1 aromatic heterocycles. The highest BCUT2D eigenvalue weighted by Gasteiger charge is 2.12. The number of rotatable bonds is 7. The maximum absolute atomic E-state index is 11.8. The summed E-state index contributed by atoms with van der Waals surface area (Å²) in [7, 11) is -3.38. The normalized spacial score (nSPS) is 12.6. The molecule has 0 aliphatic rings. The van der Waals surface area contributed by atoms with Crippen LogP contribution in [0.5, 0.6) is 0 Å². The van der Waals surface area contributed by atoms with E-state index in [1.54, 1.807) is 17.5 Å². The molecule has 0 aliphatic heterocycles. The van der Waals surface area contributed by atoms with Gasteiger partial charge in [0.25, 0.3) is 0 Å². The van der Waals surface area contributed by atoms with E-state index in [1.807, 2.05) is 18.2 Å². The summed E-state index contributed by atoms with van der Waals surface area (Å²) in [6.45, 7) is 0.0986. The lowest BCUT2D eigenvalue weighted by atomic mass is 10.1. The summed E-state index contributed by atoms with van der Waals surface area (Å²) < 4.78 is 24.4. The van der Waals surface area contributed by atoms with Crippen LogP contribution in [-0.2, 0) is 21.2 Å². The van der Waals surface area contributed by atoms with Crippen LogP contribution in [-0.4, -0.2) is 37.2 Å². The summed E-state index contributed by atoms with van der Waals surface area (Å²) in [4.78, 5) is 15.9. The van der Waals surface area contributed by atoms with Crippen molar-refractivity contribution in [3.63, 3.8) is 0 Å². The smallest absolute Gasteiger partial charge is 0.231 e. The molecule has 2 aromatic rings. The number of hydrogen-bond donors (Lipinski definition) is 3. The standard InChI is InChI=1S/C14H17N3O4S2/c1-23(20,21)17-14-16-11(9-22-14)7-13(19)15-8-12(18)10-5-3-2-4-6-10/h2-6,9,12,18H,7-8H2,1H3,(H,15,19)(H,16,17)/t12-/m1/s1. The van der Waals surface area contributed by atoms with Crippen molar-refractivity contribution in [1.29, 1.82) is 0 Å². The molecule has 9 heteroatoms. The van der Waals surface area contributed by atoms with E-state index < -0.39 is 16.1 Å². The lowest BCUT2D eigenvalue weighted by molar-refractivity contribution is -0.120. The van der Waals surface area contributed by atoms with Crippen molar-refractivity contribution in [3.8, 4) is 0 Å². The second-order valence-electron chi connectivity index (χ2n) is 4.93. The summed E-state index contributed by atoms with van der Waals surface area (Å²) in [5.41, 5.74) is 1.19. The van der Waals surface area contributed by atoms with E-state index in [1.165, 1.54) is 0 Å². The van der Waals surface area contributed by atoms with Crippen molar-refractivity contribution in [2.45, 2.75) is 12.5 Å². The van der Waals surface area contributed by atoms with Gasteiger partial charge in [-0.3, -0.25) is 9.52 Å². The number of hydrogen-bond acceptors (Lipinski definition) is 6. The maximum atomic E-state index is 11.8. The van der Waals surface area contributed by atoms with Gasteiger partial charge in [-0.25, -0.2) is 13.4 Å². The number of sulfonamides is 1. The van der Waals surface area contributed by atoms with Gasteiger partial charge < -0.3 is 10.4 Å². The first-order valence-electron chi connectivity index (χ1n) is 6.75. The quantitative estimate of drug-likeness (QED) is 0.684. The molecule has 2 rings (SSSR count). The molecule has 0 saturated heterocycles. The Hall–Kier alpha value is -1.97. The zero-order valence-electron chi connectivity index (χ0n) is 12.4. The Balaban J connectivity index is 1.83.